The molecule has 27 heavy (non-hydrogen) atoms. The molecule has 0 fully saturated rings. The zero-order chi connectivity index (χ0) is 19.6. The van der Waals surface area contributed by atoms with Crippen LogP contribution in [-0.2, 0) is 22.4 Å². The van der Waals surface area contributed by atoms with Crippen molar-refractivity contribution in [2.75, 3.05) is 19.0 Å². The number of thiophene rings is 1. The van der Waals surface area contributed by atoms with Crippen LogP contribution in [0.4, 0.5) is 5.00 Å². The number of methoxy groups -OCH3 is 1. The van der Waals surface area contributed by atoms with Crippen molar-refractivity contribution >= 4 is 28.2 Å². The van der Waals surface area contributed by atoms with Crippen LogP contribution in [0.2, 0.25) is 0 Å². The molecule has 0 spiro atoms. The summed E-state index contributed by atoms with van der Waals surface area (Å²) in [6.07, 6.45) is 2.81. The summed E-state index contributed by atoms with van der Waals surface area (Å²) >= 11 is 1.48. The van der Waals surface area contributed by atoms with E-state index in [9.17, 15) is 9.59 Å². The average molecular weight is 388 g/mol. The third-order valence-electron chi connectivity index (χ3n) is 4.91. The van der Waals surface area contributed by atoms with E-state index < -0.39 is 5.97 Å². The number of carbonyl (C=O) groups excluding carboxylic acids is 2. The van der Waals surface area contributed by atoms with E-state index in [1.54, 1.807) is 0 Å². The molecule has 5 nitrogen and oxygen atoms in total. The van der Waals surface area contributed by atoms with E-state index in [0.29, 0.717) is 16.5 Å². The Morgan fingerprint density at radius 2 is 1.96 bits per heavy atom. The highest BCUT2D eigenvalue weighted by Gasteiger charge is 2.28. The highest BCUT2D eigenvalue weighted by molar-refractivity contribution is 7.17. The Hall–Kier alpha value is -2.34. The molecule has 1 aromatic heterocycles. The average Bonchev–Trinajstić information content (AvgIpc) is 2.97. The van der Waals surface area contributed by atoms with Gasteiger partial charge in [-0.3, -0.25) is 4.79 Å². The second kappa shape index (κ2) is 8.13. The summed E-state index contributed by atoms with van der Waals surface area (Å²) < 4.78 is 10.7. The molecular formula is C21H25NO4S. The number of hydrogen-bond acceptors (Lipinski definition) is 5. The normalized spacial score (nSPS) is 15.8. The molecule has 1 heterocycles. The van der Waals surface area contributed by atoms with Crippen LogP contribution in [0.1, 0.15) is 45.3 Å². The van der Waals surface area contributed by atoms with Gasteiger partial charge < -0.3 is 14.8 Å². The predicted octanol–water partition coefficient (Wildman–Crippen LogP) is 4.29. The van der Waals surface area contributed by atoms with Crippen molar-refractivity contribution in [3.63, 3.8) is 0 Å². The minimum Gasteiger partial charge on any atom is -0.483 e. The molecule has 1 aliphatic rings. The Bertz CT molecular complexity index is 851. The first-order chi connectivity index (χ1) is 12.9. The van der Waals surface area contributed by atoms with Crippen LogP contribution in [0.5, 0.6) is 5.75 Å². The lowest BCUT2D eigenvalue weighted by molar-refractivity contribution is -0.118. The van der Waals surface area contributed by atoms with Crippen molar-refractivity contribution in [3.05, 3.63) is 45.3 Å². The van der Waals surface area contributed by atoms with Crippen LogP contribution in [0, 0.1) is 19.8 Å². The van der Waals surface area contributed by atoms with Gasteiger partial charge in [0.25, 0.3) is 5.91 Å². The maximum atomic E-state index is 12.5. The number of ether oxygens (including phenoxy) is 2. The van der Waals surface area contributed by atoms with Crippen molar-refractivity contribution < 1.29 is 19.1 Å². The maximum Gasteiger partial charge on any atom is 0.341 e. The molecule has 0 bridgehead atoms. The van der Waals surface area contributed by atoms with Crippen molar-refractivity contribution in [3.8, 4) is 5.75 Å². The molecule has 144 valence electrons. The summed E-state index contributed by atoms with van der Waals surface area (Å²) in [6.45, 7) is 6.00. The third-order valence-corrected chi connectivity index (χ3v) is 6.08. The molecule has 1 amide bonds. The Balaban J connectivity index is 1.76. The zero-order valence-electron chi connectivity index (χ0n) is 16.2. The van der Waals surface area contributed by atoms with E-state index in [-0.39, 0.29) is 12.5 Å². The number of nitrogens with one attached hydrogen (secondary N) is 1. The largest absolute Gasteiger partial charge is 0.483 e. The van der Waals surface area contributed by atoms with E-state index in [1.807, 2.05) is 32.0 Å². The molecule has 1 N–H and O–H groups in total. The molecule has 1 atom stereocenters. The van der Waals surface area contributed by atoms with Gasteiger partial charge in [-0.2, -0.15) is 0 Å². The number of esters is 1. The second-order valence-corrected chi connectivity index (χ2v) is 8.21. The number of rotatable bonds is 5. The highest BCUT2D eigenvalue weighted by Crippen LogP contribution is 2.40. The van der Waals surface area contributed by atoms with E-state index in [1.165, 1.54) is 23.3 Å². The SMILES string of the molecule is COC(=O)c1c(NC(=O)COc2c(C)cccc2C)sc2c1CC[C@@H](C)C2. The first-order valence-electron chi connectivity index (χ1n) is 9.12. The van der Waals surface area contributed by atoms with Crippen LogP contribution in [0.25, 0.3) is 0 Å². The number of fused-ring (bicyclic) bond motifs is 1. The number of para-hydroxylation sites is 1. The van der Waals surface area contributed by atoms with Gasteiger partial charge >= 0.3 is 5.97 Å². The lowest BCUT2D eigenvalue weighted by Gasteiger charge is -2.18. The number of benzene rings is 1. The first kappa shape index (κ1) is 19.4. The van der Waals surface area contributed by atoms with Gasteiger partial charge in [0.15, 0.2) is 6.61 Å². The van der Waals surface area contributed by atoms with Gasteiger partial charge in [0.05, 0.1) is 12.7 Å². The Morgan fingerprint density at radius 1 is 1.26 bits per heavy atom. The second-order valence-electron chi connectivity index (χ2n) is 7.11. The minimum absolute atomic E-state index is 0.106. The lowest BCUT2D eigenvalue weighted by Crippen LogP contribution is -2.21. The zero-order valence-corrected chi connectivity index (χ0v) is 17.0. The molecule has 6 heteroatoms. The Morgan fingerprint density at radius 3 is 2.63 bits per heavy atom. The van der Waals surface area contributed by atoms with Crippen LogP contribution in [0.3, 0.4) is 0 Å². The van der Waals surface area contributed by atoms with Crippen molar-refractivity contribution in [2.24, 2.45) is 5.92 Å². The van der Waals surface area contributed by atoms with Gasteiger partial charge in [0, 0.05) is 4.88 Å². The standard InChI is InChI=1S/C21H25NO4S/c1-12-8-9-15-16(10-12)27-20(18(15)21(24)25-4)22-17(23)11-26-19-13(2)6-5-7-14(19)3/h5-7,12H,8-11H2,1-4H3,(H,22,23)/t12-/m1/s1. The summed E-state index contributed by atoms with van der Waals surface area (Å²) in [5.74, 6) is 0.625. The number of carbonyl (C=O) groups is 2. The van der Waals surface area contributed by atoms with Crippen LogP contribution in [-0.4, -0.2) is 25.6 Å². The molecule has 0 saturated heterocycles. The number of hydrogen-bond donors (Lipinski definition) is 1. The first-order valence-corrected chi connectivity index (χ1v) is 9.94. The number of anilines is 1. The van der Waals surface area contributed by atoms with Crippen molar-refractivity contribution in [1.82, 2.24) is 0 Å². The fourth-order valence-corrected chi connectivity index (χ4v) is 4.90. The molecule has 1 aliphatic carbocycles. The van der Waals surface area contributed by atoms with Gasteiger partial charge in [-0.05, 0) is 55.7 Å². The van der Waals surface area contributed by atoms with Gasteiger partial charge in [-0.1, -0.05) is 25.1 Å². The maximum absolute atomic E-state index is 12.5. The molecule has 0 saturated carbocycles. The topological polar surface area (TPSA) is 64.6 Å². The monoisotopic (exact) mass is 387 g/mol. The fraction of sp³-hybridized carbons (Fsp3) is 0.429. The summed E-state index contributed by atoms with van der Waals surface area (Å²) in [7, 11) is 1.37. The van der Waals surface area contributed by atoms with Crippen molar-refractivity contribution in [1.29, 1.82) is 0 Å². The Kier molecular flexibility index (Phi) is 5.85. The summed E-state index contributed by atoms with van der Waals surface area (Å²) in [5.41, 5.74) is 3.50. The number of aryl methyl sites for hydroxylation is 2. The molecule has 1 aromatic carbocycles. The van der Waals surface area contributed by atoms with E-state index >= 15 is 0 Å². The molecule has 0 unspecified atom stereocenters. The fourth-order valence-electron chi connectivity index (χ4n) is 3.48. The Labute approximate surface area is 163 Å². The van der Waals surface area contributed by atoms with Crippen LogP contribution < -0.4 is 10.1 Å². The van der Waals surface area contributed by atoms with Gasteiger partial charge in [-0.25, -0.2) is 4.79 Å². The van der Waals surface area contributed by atoms with E-state index in [4.69, 9.17) is 9.47 Å². The third kappa shape index (κ3) is 4.16. The molecule has 0 aliphatic heterocycles. The quantitative estimate of drug-likeness (QED) is 0.777. The molecule has 3 rings (SSSR count). The van der Waals surface area contributed by atoms with Gasteiger partial charge in [0.1, 0.15) is 10.8 Å². The smallest absolute Gasteiger partial charge is 0.341 e. The van der Waals surface area contributed by atoms with Crippen LogP contribution in [0.15, 0.2) is 18.2 Å². The van der Waals surface area contributed by atoms with E-state index in [0.717, 1.165) is 41.7 Å². The molecule has 2 aromatic rings. The van der Waals surface area contributed by atoms with Crippen LogP contribution >= 0.6 is 11.3 Å². The van der Waals surface area contributed by atoms with Gasteiger partial charge in [0.2, 0.25) is 0 Å². The van der Waals surface area contributed by atoms with Gasteiger partial charge in [-0.15, -0.1) is 11.3 Å². The minimum atomic E-state index is -0.395. The summed E-state index contributed by atoms with van der Waals surface area (Å²) in [5, 5.41) is 3.43. The molecule has 0 radical (unpaired) electrons. The summed E-state index contributed by atoms with van der Waals surface area (Å²) in [6, 6.07) is 5.85. The lowest BCUT2D eigenvalue weighted by atomic mass is 9.88. The molecular weight excluding hydrogens is 362 g/mol. The predicted molar refractivity (Wildman–Crippen MR) is 107 cm³/mol. The van der Waals surface area contributed by atoms with E-state index in [2.05, 4.69) is 12.2 Å². The van der Waals surface area contributed by atoms with Crippen molar-refractivity contribution in [2.45, 2.75) is 40.0 Å². The number of amides is 1. The highest BCUT2D eigenvalue weighted by atomic mass is 32.1. The summed E-state index contributed by atoms with van der Waals surface area (Å²) in [4.78, 5) is 25.9.